The Morgan fingerprint density at radius 3 is 2.50 bits per heavy atom. The van der Waals surface area contributed by atoms with Crippen LogP contribution in [0.5, 0.6) is 0 Å². The molecule has 2 aliphatic carbocycles. The lowest BCUT2D eigenvalue weighted by atomic mass is 9.94. The first kappa shape index (κ1) is 14.0. The molecule has 0 bridgehead atoms. The summed E-state index contributed by atoms with van der Waals surface area (Å²) in [5, 5.41) is 3.42. The molecule has 20 heavy (non-hydrogen) atoms. The standard InChI is InChI=1S/C15H22N2O2S/c1-11-5-6-12(10-16-13-7-8-13)9-15(11)20(18,19)17-14-3-2-4-14/h5-6,9,13-14,16-17H,2-4,7-8,10H2,1H3. The maximum Gasteiger partial charge on any atom is 0.241 e. The Hall–Kier alpha value is -0.910. The summed E-state index contributed by atoms with van der Waals surface area (Å²) in [6, 6.07) is 6.48. The number of hydrogen-bond donors (Lipinski definition) is 2. The van der Waals surface area contributed by atoms with Crippen LogP contribution in [0.1, 0.15) is 43.2 Å². The van der Waals surface area contributed by atoms with Gasteiger partial charge in [-0.1, -0.05) is 18.6 Å². The molecular weight excluding hydrogens is 272 g/mol. The van der Waals surface area contributed by atoms with E-state index in [0.717, 1.165) is 36.9 Å². The van der Waals surface area contributed by atoms with Crippen molar-refractivity contribution >= 4 is 10.0 Å². The highest BCUT2D eigenvalue weighted by Gasteiger charge is 2.26. The van der Waals surface area contributed by atoms with E-state index in [1.165, 1.54) is 12.8 Å². The van der Waals surface area contributed by atoms with Crippen LogP contribution < -0.4 is 10.0 Å². The Bertz CT molecular complexity index is 590. The molecule has 110 valence electrons. The molecule has 2 N–H and O–H groups in total. The molecule has 0 radical (unpaired) electrons. The maximum absolute atomic E-state index is 12.4. The van der Waals surface area contributed by atoms with Gasteiger partial charge in [0.25, 0.3) is 0 Å². The minimum atomic E-state index is -3.37. The van der Waals surface area contributed by atoms with Crippen LogP contribution in [-0.2, 0) is 16.6 Å². The summed E-state index contributed by atoms with van der Waals surface area (Å²) in [5.74, 6) is 0. The molecule has 3 rings (SSSR count). The predicted octanol–water partition coefficient (Wildman–Crippen LogP) is 2.08. The van der Waals surface area contributed by atoms with Gasteiger partial charge in [-0.2, -0.15) is 0 Å². The van der Waals surface area contributed by atoms with Crippen LogP contribution >= 0.6 is 0 Å². The minimum Gasteiger partial charge on any atom is -0.310 e. The van der Waals surface area contributed by atoms with E-state index < -0.39 is 10.0 Å². The minimum absolute atomic E-state index is 0.132. The number of aryl methyl sites for hydroxylation is 1. The highest BCUT2D eigenvalue weighted by Crippen LogP contribution is 2.24. The van der Waals surface area contributed by atoms with Crippen molar-refractivity contribution < 1.29 is 8.42 Å². The van der Waals surface area contributed by atoms with Crippen molar-refractivity contribution in [1.82, 2.24) is 10.0 Å². The number of sulfonamides is 1. The lowest BCUT2D eigenvalue weighted by Crippen LogP contribution is -2.39. The molecule has 2 fully saturated rings. The summed E-state index contributed by atoms with van der Waals surface area (Å²) in [4.78, 5) is 0.430. The van der Waals surface area contributed by atoms with Crippen LogP contribution in [0.4, 0.5) is 0 Å². The molecule has 4 nitrogen and oxygen atoms in total. The molecule has 0 atom stereocenters. The zero-order chi connectivity index (χ0) is 14.2. The summed E-state index contributed by atoms with van der Waals surface area (Å²) in [7, 11) is -3.37. The second kappa shape index (κ2) is 5.47. The van der Waals surface area contributed by atoms with E-state index in [1.807, 2.05) is 25.1 Å². The molecule has 0 heterocycles. The monoisotopic (exact) mass is 294 g/mol. The largest absolute Gasteiger partial charge is 0.310 e. The van der Waals surface area contributed by atoms with Gasteiger partial charge in [-0.05, 0) is 49.8 Å². The highest BCUT2D eigenvalue weighted by atomic mass is 32.2. The van der Waals surface area contributed by atoms with Crippen LogP contribution in [0.15, 0.2) is 23.1 Å². The van der Waals surface area contributed by atoms with E-state index >= 15 is 0 Å². The van der Waals surface area contributed by atoms with E-state index in [1.54, 1.807) is 0 Å². The fourth-order valence-corrected chi connectivity index (χ4v) is 4.00. The van der Waals surface area contributed by atoms with Crippen LogP contribution in [-0.4, -0.2) is 20.5 Å². The van der Waals surface area contributed by atoms with E-state index in [-0.39, 0.29) is 6.04 Å². The summed E-state index contributed by atoms with van der Waals surface area (Å²) >= 11 is 0. The van der Waals surface area contributed by atoms with E-state index in [2.05, 4.69) is 10.0 Å². The van der Waals surface area contributed by atoms with Gasteiger partial charge in [0, 0.05) is 18.6 Å². The van der Waals surface area contributed by atoms with Gasteiger partial charge in [0.1, 0.15) is 0 Å². The number of hydrogen-bond acceptors (Lipinski definition) is 3. The van der Waals surface area contributed by atoms with Crippen LogP contribution in [0.2, 0.25) is 0 Å². The second-order valence-electron chi connectivity index (χ2n) is 6.00. The molecular formula is C15H22N2O2S. The Kier molecular flexibility index (Phi) is 3.84. The van der Waals surface area contributed by atoms with Crippen molar-refractivity contribution in [3.05, 3.63) is 29.3 Å². The second-order valence-corrected chi connectivity index (χ2v) is 7.69. The Morgan fingerprint density at radius 1 is 1.15 bits per heavy atom. The fourth-order valence-electron chi connectivity index (χ4n) is 2.40. The van der Waals surface area contributed by atoms with Crippen molar-refractivity contribution in [2.24, 2.45) is 0 Å². The molecule has 0 saturated heterocycles. The van der Waals surface area contributed by atoms with Gasteiger partial charge >= 0.3 is 0 Å². The molecule has 2 aliphatic rings. The molecule has 5 heteroatoms. The summed E-state index contributed by atoms with van der Waals surface area (Å²) in [6.45, 7) is 2.60. The Morgan fingerprint density at radius 2 is 1.90 bits per heavy atom. The van der Waals surface area contributed by atoms with Gasteiger partial charge in [0.15, 0.2) is 0 Å². The van der Waals surface area contributed by atoms with Gasteiger partial charge in [-0.3, -0.25) is 0 Å². The SMILES string of the molecule is Cc1ccc(CNC2CC2)cc1S(=O)(=O)NC1CCC1. The molecule has 2 saturated carbocycles. The third-order valence-electron chi connectivity index (χ3n) is 4.14. The average molecular weight is 294 g/mol. The highest BCUT2D eigenvalue weighted by molar-refractivity contribution is 7.89. The lowest BCUT2D eigenvalue weighted by Gasteiger charge is -2.26. The van der Waals surface area contributed by atoms with Crippen molar-refractivity contribution in [1.29, 1.82) is 0 Å². The number of nitrogens with one attached hydrogen (secondary N) is 2. The summed E-state index contributed by atoms with van der Waals surface area (Å²) < 4.78 is 27.7. The smallest absolute Gasteiger partial charge is 0.241 e. The molecule has 0 unspecified atom stereocenters. The van der Waals surface area contributed by atoms with Crippen LogP contribution in [0.3, 0.4) is 0 Å². The Labute approximate surface area is 121 Å². The third kappa shape index (κ3) is 3.22. The van der Waals surface area contributed by atoms with Gasteiger partial charge in [0.2, 0.25) is 10.0 Å². The van der Waals surface area contributed by atoms with Crippen LogP contribution in [0, 0.1) is 6.92 Å². The number of benzene rings is 1. The van der Waals surface area contributed by atoms with Gasteiger partial charge < -0.3 is 5.32 Å². The van der Waals surface area contributed by atoms with E-state index in [4.69, 9.17) is 0 Å². The normalized spacial score (nSPS) is 19.9. The zero-order valence-corrected chi connectivity index (χ0v) is 12.7. The van der Waals surface area contributed by atoms with Crippen molar-refractivity contribution in [2.75, 3.05) is 0 Å². The Balaban J connectivity index is 1.76. The van der Waals surface area contributed by atoms with E-state index in [0.29, 0.717) is 10.9 Å². The molecule has 0 amide bonds. The average Bonchev–Trinajstić information content (AvgIpc) is 3.17. The summed E-state index contributed by atoms with van der Waals surface area (Å²) in [6.07, 6.45) is 5.51. The van der Waals surface area contributed by atoms with Crippen molar-refractivity contribution in [3.63, 3.8) is 0 Å². The topological polar surface area (TPSA) is 58.2 Å². The van der Waals surface area contributed by atoms with Crippen molar-refractivity contribution in [3.8, 4) is 0 Å². The molecule has 0 aromatic heterocycles. The quantitative estimate of drug-likeness (QED) is 0.844. The van der Waals surface area contributed by atoms with Crippen molar-refractivity contribution in [2.45, 2.75) is 62.6 Å². The summed E-state index contributed by atoms with van der Waals surface area (Å²) in [5.41, 5.74) is 1.85. The fraction of sp³-hybridized carbons (Fsp3) is 0.600. The first-order valence-corrected chi connectivity index (χ1v) is 8.88. The molecule has 0 spiro atoms. The first-order chi connectivity index (χ1) is 9.54. The van der Waals surface area contributed by atoms with Crippen LogP contribution in [0.25, 0.3) is 0 Å². The first-order valence-electron chi connectivity index (χ1n) is 7.40. The predicted molar refractivity (Wildman–Crippen MR) is 79.0 cm³/mol. The zero-order valence-electron chi connectivity index (χ0n) is 11.9. The van der Waals surface area contributed by atoms with Gasteiger partial charge in [-0.25, -0.2) is 13.1 Å². The van der Waals surface area contributed by atoms with E-state index in [9.17, 15) is 8.42 Å². The number of rotatable bonds is 6. The molecule has 0 aliphatic heterocycles. The van der Waals surface area contributed by atoms with Gasteiger partial charge in [-0.15, -0.1) is 0 Å². The molecule has 1 aromatic carbocycles. The lowest BCUT2D eigenvalue weighted by molar-refractivity contribution is 0.383. The third-order valence-corrected chi connectivity index (χ3v) is 5.80. The van der Waals surface area contributed by atoms with Gasteiger partial charge in [0.05, 0.1) is 4.90 Å². The maximum atomic E-state index is 12.4. The molecule has 1 aromatic rings.